The third-order valence-electron chi connectivity index (χ3n) is 3.41. The van der Waals surface area contributed by atoms with Crippen LogP contribution in [0.3, 0.4) is 0 Å². The Kier molecular flexibility index (Phi) is 4.34. The van der Waals surface area contributed by atoms with Crippen molar-refractivity contribution in [1.82, 2.24) is 4.90 Å². The number of nitrogens with two attached hydrogens (primary N) is 1. The molecule has 0 aliphatic carbocycles. The molecule has 0 saturated carbocycles. The SMILES string of the molecule is CN(Cc1ccc(/C(N)=N/O)cc1F)C1CCOC1. The van der Waals surface area contributed by atoms with E-state index < -0.39 is 0 Å². The Balaban J connectivity index is 2.08. The van der Waals surface area contributed by atoms with Gasteiger partial charge in [0, 0.05) is 30.3 Å². The molecule has 1 fully saturated rings. The summed E-state index contributed by atoms with van der Waals surface area (Å²) < 4.78 is 19.3. The van der Waals surface area contributed by atoms with E-state index in [1.165, 1.54) is 6.07 Å². The molecular weight excluding hydrogens is 249 g/mol. The lowest BCUT2D eigenvalue weighted by Crippen LogP contribution is -2.31. The van der Waals surface area contributed by atoms with Crippen LogP contribution in [0, 0.1) is 5.82 Å². The van der Waals surface area contributed by atoms with E-state index >= 15 is 0 Å². The van der Waals surface area contributed by atoms with Crippen molar-refractivity contribution in [2.75, 3.05) is 20.3 Å². The predicted molar refractivity (Wildman–Crippen MR) is 69.6 cm³/mol. The summed E-state index contributed by atoms with van der Waals surface area (Å²) in [4.78, 5) is 2.08. The average Bonchev–Trinajstić information content (AvgIpc) is 2.94. The van der Waals surface area contributed by atoms with Gasteiger partial charge in [-0.25, -0.2) is 4.39 Å². The highest BCUT2D eigenvalue weighted by molar-refractivity contribution is 5.97. The van der Waals surface area contributed by atoms with Crippen LogP contribution in [0.2, 0.25) is 0 Å². The van der Waals surface area contributed by atoms with Gasteiger partial charge < -0.3 is 15.7 Å². The van der Waals surface area contributed by atoms with E-state index in [1.807, 2.05) is 7.05 Å². The van der Waals surface area contributed by atoms with Gasteiger partial charge in [-0.2, -0.15) is 0 Å². The quantitative estimate of drug-likeness (QED) is 0.371. The van der Waals surface area contributed by atoms with Crippen LogP contribution in [0.1, 0.15) is 17.5 Å². The number of amidine groups is 1. The Morgan fingerprint density at radius 1 is 1.63 bits per heavy atom. The Morgan fingerprint density at radius 2 is 2.42 bits per heavy atom. The summed E-state index contributed by atoms with van der Waals surface area (Å²) >= 11 is 0. The molecule has 0 radical (unpaired) electrons. The first-order chi connectivity index (χ1) is 9.11. The second-order valence-electron chi connectivity index (χ2n) is 4.72. The highest BCUT2D eigenvalue weighted by Crippen LogP contribution is 2.17. The number of likely N-dealkylation sites (N-methyl/N-ethyl adjacent to an activating group) is 1. The Labute approximate surface area is 111 Å². The van der Waals surface area contributed by atoms with Crippen molar-refractivity contribution in [3.8, 4) is 0 Å². The van der Waals surface area contributed by atoms with Gasteiger partial charge >= 0.3 is 0 Å². The molecule has 104 valence electrons. The minimum absolute atomic E-state index is 0.0944. The molecule has 1 unspecified atom stereocenters. The van der Waals surface area contributed by atoms with Crippen molar-refractivity contribution >= 4 is 5.84 Å². The van der Waals surface area contributed by atoms with Gasteiger partial charge in [-0.05, 0) is 19.5 Å². The molecule has 1 aliphatic heterocycles. The van der Waals surface area contributed by atoms with Crippen molar-refractivity contribution < 1.29 is 14.3 Å². The van der Waals surface area contributed by atoms with Crippen LogP contribution in [-0.2, 0) is 11.3 Å². The Bertz CT molecular complexity index is 473. The maximum atomic E-state index is 13.9. The summed E-state index contributed by atoms with van der Waals surface area (Å²) in [5, 5.41) is 11.4. The number of rotatable bonds is 4. The van der Waals surface area contributed by atoms with Gasteiger partial charge in [0.05, 0.1) is 6.61 Å². The number of hydrogen-bond donors (Lipinski definition) is 2. The molecule has 19 heavy (non-hydrogen) atoms. The first-order valence-electron chi connectivity index (χ1n) is 6.16. The Hall–Kier alpha value is -1.66. The molecule has 6 heteroatoms. The zero-order valence-electron chi connectivity index (χ0n) is 10.8. The van der Waals surface area contributed by atoms with Gasteiger partial charge in [0.15, 0.2) is 5.84 Å². The number of nitrogens with zero attached hydrogens (tertiary/aromatic N) is 2. The fraction of sp³-hybridized carbons (Fsp3) is 0.462. The number of ether oxygens (including phenoxy) is 1. The van der Waals surface area contributed by atoms with Crippen LogP contribution < -0.4 is 5.73 Å². The molecule has 2 rings (SSSR count). The summed E-state index contributed by atoms with van der Waals surface area (Å²) in [7, 11) is 1.95. The van der Waals surface area contributed by atoms with Crippen LogP contribution in [0.25, 0.3) is 0 Å². The van der Waals surface area contributed by atoms with Gasteiger partial charge in [-0.15, -0.1) is 0 Å². The van der Waals surface area contributed by atoms with Gasteiger partial charge in [0.1, 0.15) is 5.82 Å². The molecule has 1 atom stereocenters. The summed E-state index contributed by atoms with van der Waals surface area (Å²) in [5.41, 5.74) is 6.38. The van der Waals surface area contributed by atoms with E-state index in [4.69, 9.17) is 15.7 Å². The van der Waals surface area contributed by atoms with E-state index in [9.17, 15) is 4.39 Å². The van der Waals surface area contributed by atoms with Crippen LogP contribution in [-0.4, -0.2) is 42.2 Å². The van der Waals surface area contributed by atoms with Crippen molar-refractivity contribution in [3.05, 3.63) is 35.1 Å². The lowest BCUT2D eigenvalue weighted by Gasteiger charge is -2.23. The van der Waals surface area contributed by atoms with Crippen molar-refractivity contribution in [2.24, 2.45) is 10.9 Å². The van der Waals surface area contributed by atoms with E-state index in [-0.39, 0.29) is 11.7 Å². The summed E-state index contributed by atoms with van der Waals surface area (Å²) in [5.74, 6) is -0.446. The summed E-state index contributed by atoms with van der Waals surface area (Å²) in [6.07, 6.45) is 0.973. The smallest absolute Gasteiger partial charge is 0.170 e. The molecule has 1 aliphatic rings. The van der Waals surface area contributed by atoms with Gasteiger partial charge in [-0.3, -0.25) is 4.90 Å². The van der Waals surface area contributed by atoms with Gasteiger partial charge in [-0.1, -0.05) is 17.3 Å². The lowest BCUT2D eigenvalue weighted by atomic mass is 10.1. The zero-order chi connectivity index (χ0) is 13.8. The number of halogens is 1. The summed E-state index contributed by atoms with van der Waals surface area (Å²) in [6, 6.07) is 4.92. The number of oxime groups is 1. The second kappa shape index (κ2) is 5.99. The zero-order valence-corrected chi connectivity index (χ0v) is 10.8. The molecule has 3 N–H and O–H groups in total. The average molecular weight is 267 g/mol. The minimum atomic E-state index is -0.352. The highest BCUT2D eigenvalue weighted by atomic mass is 19.1. The maximum absolute atomic E-state index is 13.9. The van der Waals surface area contributed by atoms with Crippen LogP contribution >= 0.6 is 0 Å². The molecule has 0 spiro atoms. The van der Waals surface area contributed by atoms with Crippen molar-refractivity contribution in [2.45, 2.75) is 19.0 Å². The van der Waals surface area contributed by atoms with Crippen LogP contribution in [0.4, 0.5) is 4.39 Å². The van der Waals surface area contributed by atoms with Crippen molar-refractivity contribution in [3.63, 3.8) is 0 Å². The molecule has 0 amide bonds. The van der Waals surface area contributed by atoms with Crippen LogP contribution in [0.15, 0.2) is 23.4 Å². The fourth-order valence-corrected chi connectivity index (χ4v) is 2.16. The lowest BCUT2D eigenvalue weighted by molar-refractivity contribution is 0.155. The molecule has 1 saturated heterocycles. The molecule has 5 nitrogen and oxygen atoms in total. The standard InChI is InChI=1S/C13H18FN3O2/c1-17(11-4-5-19-8-11)7-10-3-2-9(6-12(10)14)13(15)16-18/h2-3,6,11,18H,4-5,7-8H2,1H3,(H2,15,16). The van der Waals surface area contributed by atoms with Gasteiger partial charge in [0.2, 0.25) is 0 Å². The van der Waals surface area contributed by atoms with Crippen molar-refractivity contribution in [1.29, 1.82) is 0 Å². The highest BCUT2D eigenvalue weighted by Gasteiger charge is 2.21. The molecular formula is C13H18FN3O2. The van der Waals surface area contributed by atoms with E-state index in [0.29, 0.717) is 30.3 Å². The largest absolute Gasteiger partial charge is 0.409 e. The number of hydrogen-bond acceptors (Lipinski definition) is 4. The molecule has 0 bridgehead atoms. The predicted octanol–water partition coefficient (Wildman–Crippen LogP) is 1.14. The molecule has 0 aromatic heterocycles. The first-order valence-corrected chi connectivity index (χ1v) is 6.16. The van der Waals surface area contributed by atoms with E-state index in [0.717, 1.165) is 13.0 Å². The normalized spacial score (nSPS) is 20.2. The van der Waals surface area contributed by atoms with E-state index in [1.54, 1.807) is 12.1 Å². The second-order valence-corrected chi connectivity index (χ2v) is 4.72. The molecule has 1 heterocycles. The third-order valence-corrected chi connectivity index (χ3v) is 3.41. The first kappa shape index (κ1) is 13.8. The number of benzene rings is 1. The topological polar surface area (TPSA) is 71.1 Å². The summed E-state index contributed by atoms with van der Waals surface area (Å²) in [6.45, 7) is 1.97. The minimum Gasteiger partial charge on any atom is -0.409 e. The third kappa shape index (κ3) is 3.21. The maximum Gasteiger partial charge on any atom is 0.170 e. The molecule has 1 aromatic rings. The van der Waals surface area contributed by atoms with Crippen LogP contribution in [0.5, 0.6) is 0 Å². The van der Waals surface area contributed by atoms with Gasteiger partial charge in [0.25, 0.3) is 0 Å². The Morgan fingerprint density at radius 3 is 3.00 bits per heavy atom. The fourth-order valence-electron chi connectivity index (χ4n) is 2.16. The van der Waals surface area contributed by atoms with E-state index in [2.05, 4.69) is 10.1 Å². The monoisotopic (exact) mass is 267 g/mol. The molecule has 1 aromatic carbocycles.